The molecule has 0 saturated carbocycles. The van der Waals surface area contributed by atoms with E-state index in [4.69, 9.17) is 11.6 Å². The molecule has 1 N–H and O–H groups in total. The van der Waals surface area contributed by atoms with Gasteiger partial charge in [0.15, 0.2) is 0 Å². The Bertz CT molecular complexity index is 323. The molecule has 1 fully saturated rings. The predicted molar refractivity (Wildman–Crippen MR) is 70.3 cm³/mol. The summed E-state index contributed by atoms with van der Waals surface area (Å²) in [7, 11) is 0. The molecule has 1 aromatic carbocycles. The molecule has 1 unspecified atom stereocenters. The Balaban J connectivity index is 1.90. The summed E-state index contributed by atoms with van der Waals surface area (Å²) in [6.07, 6.45) is 1.29. The molecule has 16 heavy (non-hydrogen) atoms. The second kappa shape index (κ2) is 5.55. The van der Waals surface area contributed by atoms with Crippen LogP contribution in [-0.2, 0) is 0 Å². The van der Waals surface area contributed by atoms with Crippen LogP contribution < -0.4 is 10.2 Å². The van der Waals surface area contributed by atoms with Gasteiger partial charge < -0.3 is 10.2 Å². The Morgan fingerprint density at radius 2 is 2.12 bits per heavy atom. The summed E-state index contributed by atoms with van der Waals surface area (Å²) < 4.78 is 0. The van der Waals surface area contributed by atoms with Gasteiger partial charge in [-0.1, -0.05) is 18.5 Å². The number of anilines is 1. The minimum Gasteiger partial charge on any atom is -0.371 e. The van der Waals surface area contributed by atoms with Crippen molar-refractivity contribution >= 4 is 17.3 Å². The van der Waals surface area contributed by atoms with Crippen LogP contribution in [-0.4, -0.2) is 26.2 Å². The van der Waals surface area contributed by atoms with E-state index in [0.29, 0.717) is 0 Å². The second-order valence-electron chi connectivity index (χ2n) is 4.38. The molecule has 0 spiro atoms. The van der Waals surface area contributed by atoms with Crippen LogP contribution in [0.5, 0.6) is 0 Å². The van der Waals surface area contributed by atoms with Crippen molar-refractivity contribution < 1.29 is 0 Å². The molecular formula is C13H19ClN2. The average Bonchev–Trinajstić information content (AvgIpc) is 2.76. The molecule has 2 rings (SSSR count). The number of nitrogens with zero attached hydrogens (tertiary/aromatic N) is 1. The first-order valence-electron chi connectivity index (χ1n) is 6.01. The molecule has 1 heterocycles. The molecule has 88 valence electrons. The summed E-state index contributed by atoms with van der Waals surface area (Å²) in [5.41, 5.74) is 1.29. The third-order valence-corrected chi connectivity index (χ3v) is 3.41. The van der Waals surface area contributed by atoms with E-state index in [1.54, 1.807) is 0 Å². The van der Waals surface area contributed by atoms with E-state index in [-0.39, 0.29) is 0 Å². The van der Waals surface area contributed by atoms with Gasteiger partial charge in [-0.2, -0.15) is 0 Å². The number of halogens is 1. The minimum atomic E-state index is 0.788. The van der Waals surface area contributed by atoms with Gasteiger partial charge in [0.05, 0.1) is 0 Å². The van der Waals surface area contributed by atoms with E-state index in [1.165, 1.54) is 12.1 Å². The van der Waals surface area contributed by atoms with Gasteiger partial charge in [0.2, 0.25) is 0 Å². The highest BCUT2D eigenvalue weighted by Gasteiger charge is 2.21. The molecule has 1 aromatic rings. The number of nitrogens with one attached hydrogen (secondary N) is 1. The summed E-state index contributed by atoms with van der Waals surface area (Å²) in [6, 6.07) is 8.15. The van der Waals surface area contributed by atoms with E-state index in [2.05, 4.69) is 29.3 Å². The Labute approximate surface area is 103 Å². The van der Waals surface area contributed by atoms with Crippen LogP contribution in [0.1, 0.15) is 13.3 Å². The van der Waals surface area contributed by atoms with Crippen LogP contribution in [0.2, 0.25) is 5.02 Å². The van der Waals surface area contributed by atoms with E-state index in [9.17, 15) is 0 Å². The SMILES string of the molecule is CCNCC1CCN(c2ccc(Cl)cc2)C1. The fourth-order valence-corrected chi connectivity index (χ4v) is 2.36. The summed E-state index contributed by atoms with van der Waals surface area (Å²) in [4.78, 5) is 2.44. The third-order valence-electron chi connectivity index (χ3n) is 3.16. The molecule has 0 aromatic heterocycles. The van der Waals surface area contributed by atoms with Crippen molar-refractivity contribution in [2.24, 2.45) is 5.92 Å². The third kappa shape index (κ3) is 2.89. The predicted octanol–water partition coefficient (Wildman–Crippen LogP) is 2.78. The molecule has 1 atom stereocenters. The zero-order chi connectivity index (χ0) is 11.4. The fourth-order valence-electron chi connectivity index (χ4n) is 2.23. The first-order chi connectivity index (χ1) is 7.79. The Hall–Kier alpha value is -0.730. The van der Waals surface area contributed by atoms with E-state index >= 15 is 0 Å². The first-order valence-corrected chi connectivity index (χ1v) is 6.38. The quantitative estimate of drug-likeness (QED) is 0.868. The average molecular weight is 239 g/mol. The van der Waals surface area contributed by atoms with Gasteiger partial charge in [-0.15, -0.1) is 0 Å². The standard InChI is InChI=1S/C13H19ClN2/c1-2-15-9-11-7-8-16(10-11)13-5-3-12(14)4-6-13/h3-6,11,15H,2,7-10H2,1H3. The normalized spacial score (nSPS) is 20.4. The molecule has 1 aliphatic heterocycles. The van der Waals surface area contributed by atoms with Crippen LogP contribution in [0.4, 0.5) is 5.69 Å². The van der Waals surface area contributed by atoms with E-state index in [0.717, 1.165) is 37.1 Å². The molecule has 3 heteroatoms. The summed E-state index contributed by atoms with van der Waals surface area (Å²) in [6.45, 7) is 6.69. The first kappa shape index (κ1) is 11.7. The van der Waals surface area contributed by atoms with Crippen molar-refractivity contribution in [3.8, 4) is 0 Å². The summed E-state index contributed by atoms with van der Waals surface area (Å²) >= 11 is 5.89. The van der Waals surface area contributed by atoms with Gasteiger partial charge in [0.25, 0.3) is 0 Å². The number of hydrogen-bond donors (Lipinski definition) is 1. The molecular weight excluding hydrogens is 220 g/mol. The van der Waals surface area contributed by atoms with Crippen molar-refractivity contribution in [1.29, 1.82) is 0 Å². The lowest BCUT2D eigenvalue weighted by atomic mass is 10.1. The fraction of sp³-hybridized carbons (Fsp3) is 0.538. The van der Waals surface area contributed by atoms with Gasteiger partial charge >= 0.3 is 0 Å². The Morgan fingerprint density at radius 1 is 1.38 bits per heavy atom. The Morgan fingerprint density at radius 3 is 2.81 bits per heavy atom. The highest BCUT2D eigenvalue weighted by atomic mass is 35.5. The van der Waals surface area contributed by atoms with Crippen molar-refractivity contribution in [1.82, 2.24) is 5.32 Å². The summed E-state index contributed by atoms with van der Waals surface area (Å²) in [5, 5.41) is 4.24. The minimum absolute atomic E-state index is 0.788. The topological polar surface area (TPSA) is 15.3 Å². The van der Waals surface area contributed by atoms with Gasteiger partial charge in [-0.3, -0.25) is 0 Å². The van der Waals surface area contributed by atoms with E-state index < -0.39 is 0 Å². The van der Waals surface area contributed by atoms with Crippen LogP contribution in [0.3, 0.4) is 0 Å². The van der Waals surface area contributed by atoms with Crippen LogP contribution in [0, 0.1) is 5.92 Å². The monoisotopic (exact) mass is 238 g/mol. The second-order valence-corrected chi connectivity index (χ2v) is 4.82. The number of benzene rings is 1. The van der Waals surface area contributed by atoms with Crippen molar-refractivity contribution in [2.75, 3.05) is 31.1 Å². The van der Waals surface area contributed by atoms with Gasteiger partial charge in [-0.05, 0) is 49.7 Å². The largest absolute Gasteiger partial charge is 0.371 e. The van der Waals surface area contributed by atoms with Crippen LogP contribution in [0.25, 0.3) is 0 Å². The van der Waals surface area contributed by atoms with Crippen molar-refractivity contribution in [3.05, 3.63) is 29.3 Å². The molecule has 0 aliphatic carbocycles. The maximum Gasteiger partial charge on any atom is 0.0407 e. The van der Waals surface area contributed by atoms with E-state index in [1.807, 2.05) is 12.1 Å². The van der Waals surface area contributed by atoms with Gasteiger partial charge in [0.1, 0.15) is 0 Å². The molecule has 1 aliphatic rings. The zero-order valence-electron chi connectivity index (χ0n) is 9.75. The maximum atomic E-state index is 5.89. The van der Waals surface area contributed by atoms with Crippen molar-refractivity contribution in [3.63, 3.8) is 0 Å². The molecule has 0 amide bonds. The summed E-state index contributed by atoms with van der Waals surface area (Å²) in [5.74, 6) is 0.788. The highest BCUT2D eigenvalue weighted by Crippen LogP contribution is 2.24. The van der Waals surface area contributed by atoms with Crippen LogP contribution in [0.15, 0.2) is 24.3 Å². The lowest BCUT2D eigenvalue weighted by Crippen LogP contribution is -2.26. The van der Waals surface area contributed by atoms with Crippen LogP contribution >= 0.6 is 11.6 Å². The van der Waals surface area contributed by atoms with Crippen molar-refractivity contribution in [2.45, 2.75) is 13.3 Å². The zero-order valence-corrected chi connectivity index (χ0v) is 10.5. The molecule has 0 radical (unpaired) electrons. The lowest BCUT2D eigenvalue weighted by molar-refractivity contribution is 0.528. The molecule has 0 bridgehead atoms. The Kier molecular flexibility index (Phi) is 4.08. The maximum absolute atomic E-state index is 5.89. The molecule has 2 nitrogen and oxygen atoms in total. The lowest BCUT2D eigenvalue weighted by Gasteiger charge is -2.18. The van der Waals surface area contributed by atoms with Gasteiger partial charge in [-0.25, -0.2) is 0 Å². The van der Waals surface area contributed by atoms with Gasteiger partial charge in [0, 0.05) is 23.8 Å². The number of hydrogen-bond acceptors (Lipinski definition) is 2. The number of rotatable bonds is 4. The highest BCUT2D eigenvalue weighted by molar-refractivity contribution is 6.30. The smallest absolute Gasteiger partial charge is 0.0407 e. The molecule has 1 saturated heterocycles.